The monoisotopic (exact) mass is 429 g/mol. The van der Waals surface area contributed by atoms with Gasteiger partial charge in [0, 0.05) is 18.7 Å². The maximum absolute atomic E-state index is 12.4. The second-order valence-electron chi connectivity index (χ2n) is 8.90. The molecule has 3 amide bonds. The summed E-state index contributed by atoms with van der Waals surface area (Å²) in [7, 11) is 1.88. The SMILES string of the molecule is C[C@H](Sc1nnc(-c2ccc(C(C)(C)C)cc2)n1C)C(=O)NC(=O)NC1CCCC1. The molecule has 162 valence electrons. The molecule has 1 heterocycles. The number of hydrogen-bond donors (Lipinski definition) is 2. The topological polar surface area (TPSA) is 88.9 Å². The maximum Gasteiger partial charge on any atom is 0.321 e. The average Bonchev–Trinajstić information content (AvgIpc) is 3.31. The van der Waals surface area contributed by atoms with Crippen molar-refractivity contribution in [2.24, 2.45) is 7.05 Å². The van der Waals surface area contributed by atoms with Crippen LogP contribution in [0, 0.1) is 0 Å². The van der Waals surface area contributed by atoms with Crippen LogP contribution in [0.1, 0.15) is 58.9 Å². The highest BCUT2D eigenvalue weighted by Gasteiger charge is 2.23. The van der Waals surface area contributed by atoms with Crippen LogP contribution in [0.5, 0.6) is 0 Å². The summed E-state index contributed by atoms with van der Waals surface area (Å²) in [6.07, 6.45) is 4.20. The predicted molar refractivity (Wildman–Crippen MR) is 119 cm³/mol. The van der Waals surface area contributed by atoms with E-state index in [1.54, 1.807) is 6.92 Å². The molecule has 1 atom stereocenters. The number of urea groups is 1. The van der Waals surface area contributed by atoms with Gasteiger partial charge in [0.05, 0.1) is 5.25 Å². The van der Waals surface area contributed by atoms with Gasteiger partial charge in [-0.1, -0.05) is 69.6 Å². The van der Waals surface area contributed by atoms with Crippen LogP contribution in [-0.4, -0.2) is 38.0 Å². The Kier molecular flexibility index (Phi) is 6.85. The van der Waals surface area contributed by atoms with Crippen LogP contribution in [0.2, 0.25) is 0 Å². The quantitative estimate of drug-likeness (QED) is 0.701. The molecule has 0 unspecified atom stereocenters. The molecule has 2 N–H and O–H groups in total. The molecule has 0 saturated heterocycles. The summed E-state index contributed by atoms with van der Waals surface area (Å²) in [5.74, 6) is 0.402. The van der Waals surface area contributed by atoms with Crippen LogP contribution in [0.4, 0.5) is 4.79 Å². The van der Waals surface area contributed by atoms with Crippen LogP contribution in [0.3, 0.4) is 0 Å². The second kappa shape index (κ2) is 9.20. The Bertz CT molecular complexity index is 895. The van der Waals surface area contributed by atoms with Crippen LogP contribution in [0.25, 0.3) is 11.4 Å². The lowest BCUT2D eigenvalue weighted by Gasteiger charge is -2.19. The zero-order valence-corrected chi connectivity index (χ0v) is 19.2. The van der Waals surface area contributed by atoms with Gasteiger partial charge in [0.1, 0.15) is 0 Å². The molecule has 1 fully saturated rings. The smallest absolute Gasteiger partial charge is 0.321 e. The first-order valence-corrected chi connectivity index (χ1v) is 11.3. The Morgan fingerprint density at radius 1 is 1.13 bits per heavy atom. The first-order chi connectivity index (χ1) is 14.1. The summed E-state index contributed by atoms with van der Waals surface area (Å²) < 4.78 is 1.87. The van der Waals surface area contributed by atoms with E-state index >= 15 is 0 Å². The van der Waals surface area contributed by atoms with Gasteiger partial charge < -0.3 is 9.88 Å². The van der Waals surface area contributed by atoms with E-state index in [0.717, 1.165) is 37.1 Å². The minimum atomic E-state index is -0.474. The molecule has 30 heavy (non-hydrogen) atoms. The second-order valence-corrected chi connectivity index (χ2v) is 10.2. The Morgan fingerprint density at radius 3 is 2.37 bits per heavy atom. The highest BCUT2D eigenvalue weighted by molar-refractivity contribution is 8.00. The van der Waals surface area contributed by atoms with Crippen LogP contribution in [0.15, 0.2) is 29.4 Å². The van der Waals surface area contributed by atoms with E-state index < -0.39 is 11.3 Å². The first kappa shape index (κ1) is 22.3. The van der Waals surface area contributed by atoms with Gasteiger partial charge in [-0.15, -0.1) is 10.2 Å². The van der Waals surface area contributed by atoms with Gasteiger partial charge >= 0.3 is 6.03 Å². The molecule has 0 aliphatic heterocycles. The highest BCUT2D eigenvalue weighted by atomic mass is 32.2. The summed E-state index contributed by atoms with van der Waals surface area (Å²) in [5.41, 5.74) is 2.31. The lowest BCUT2D eigenvalue weighted by atomic mass is 9.87. The molecular formula is C22H31N5O2S. The van der Waals surface area contributed by atoms with Gasteiger partial charge in [-0.3, -0.25) is 10.1 Å². The van der Waals surface area contributed by atoms with E-state index in [1.807, 2.05) is 23.7 Å². The molecule has 3 rings (SSSR count). The third-order valence-electron chi connectivity index (χ3n) is 5.42. The summed E-state index contributed by atoms with van der Waals surface area (Å²) in [5, 5.41) is 14.0. The minimum Gasteiger partial charge on any atom is -0.335 e. The molecule has 8 heteroatoms. The molecule has 1 saturated carbocycles. The van der Waals surface area contributed by atoms with Gasteiger partial charge in [0.15, 0.2) is 11.0 Å². The molecule has 1 aromatic heterocycles. The predicted octanol–water partition coefficient (Wildman–Crippen LogP) is 4.03. The number of aromatic nitrogens is 3. The van der Waals surface area contributed by atoms with Crippen molar-refractivity contribution in [1.29, 1.82) is 0 Å². The normalized spacial score (nSPS) is 15.8. The zero-order chi connectivity index (χ0) is 21.9. The number of thioether (sulfide) groups is 1. The number of hydrogen-bond acceptors (Lipinski definition) is 5. The van der Waals surface area contributed by atoms with Crippen molar-refractivity contribution >= 4 is 23.7 Å². The number of amides is 3. The molecular weight excluding hydrogens is 398 g/mol. The lowest BCUT2D eigenvalue weighted by molar-refractivity contribution is -0.119. The molecule has 0 spiro atoms. The Labute approximate surface area is 182 Å². The van der Waals surface area contributed by atoms with Crippen LogP contribution >= 0.6 is 11.8 Å². The van der Waals surface area contributed by atoms with Crippen molar-refractivity contribution < 1.29 is 9.59 Å². The van der Waals surface area contributed by atoms with Crippen LogP contribution < -0.4 is 10.6 Å². The molecule has 1 aromatic carbocycles. The van der Waals surface area contributed by atoms with Crippen molar-refractivity contribution in [3.05, 3.63) is 29.8 Å². The van der Waals surface area contributed by atoms with Crippen molar-refractivity contribution in [1.82, 2.24) is 25.4 Å². The van der Waals surface area contributed by atoms with E-state index in [1.165, 1.54) is 17.3 Å². The fraction of sp³-hybridized carbons (Fsp3) is 0.545. The highest BCUT2D eigenvalue weighted by Crippen LogP contribution is 2.28. The third kappa shape index (κ3) is 5.41. The van der Waals surface area contributed by atoms with E-state index in [-0.39, 0.29) is 17.4 Å². The number of carbonyl (C=O) groups is 2. The molecule has 2 aromatic rings. The number of nitrogens with zero attached hydrogens (tertiary/aromatic N) is 3. The van der Waals surface area contributed by atoms with Crippen molar-refractivity contribution in [2.45, 2.75) is 75.2 Å². The summed E-state index contributed by atoms with van der Waals surface area (Å²) >= 11 is 1.28. The Morgan fingerprint density at radius 2 is 1.77 bits per heavy atom. The fourth-order valence-corrected chi connectivity index (χ4v) is 4.32. The van der Waals surface area contributed by atoms with Crippen LogP contribution in [-0.2, 0) is 17.3 Å². The van der Waals surface area contributed by atoms with Gasteiger partial charge in [0.25, 0.3) is 0 Å². The number of imide groups is 1. The van der Waals surface area contributed by atoms with Gasteiger partial charge in [-0.05, 0) is 30.7 Å². The summed E-state index contributed by atoms with van der Waals surface area (Å²) in [6, 6.07) is 8.06. The van der Waals surface area contributed by atoms with E-state index in [9.17, 15) is 9.59 Å². The molecule has 0 radical (unpaired) electrons. The van der Waals surface area contributed by atoms with E-state index in [0.29, 0.717) is 5.16 Å². The summed E-state index contributed by atoms with van der Waals surface area (Å²) in [4.78, 5) is 24.4. The largest absolute Gasteiger partial charge is 0.335 e. The number of carbonyl (C=O) groups excluding carboxylic acids is 2. The molecule has 0 bridgehead atoms. The average molecular weight is 430 g/mol. The Hall–Kier alpha value is -2.35. The fourth-order valence-electron chi connectivity index (χ4n) is 3.50. The van der Waals surface area contributed by atoms with Crippen molar-refractivity contribution in [2.75, 3.05) is 0 Å². The van der Waals surface area contributed by atoms with E-state index in [2.05, 4.69) is 53.7 Å². The van der Waals surface area contributed by atoms with E-state index in [4.69, 9.17) is 0 Å². The third-order valence-corrected chi connectivity index (χ3v) is 6.56. The van der Waals surface area contributed by atoms with Gasteiger partial charge in [-0.2, -0.15) is 0 Å². The van der Waals surface area contributed by atoms with Crippen molar-refractivity contribution in [3.63, 3.8) is 0 Å². The zero-order valence-electron chi connectivity index (χ0n) is 18.4. The first-order valence-electron chi connectivity index (χ1n) is 10.4. The van der Waals surface area contributed by atoms with Crippen molar-refractivity contribution in [3.8, 4) is 11.4 Å². The van der Waals surface area contributed by atoms with Gasteiger partial charge in [-0.25, -0.2) is 4.79 Å². The number of rotatable bonds is 5. The summed E-state index contributed by atoms with van der Waals surface area (Å²) in [6.45, 7) is 8.30. The molecule has 1 aliphatic carbocycles. The number of nitrogens with one attached hydrogen (secondary N) is 2. The lowest BCUT2D eigenvalue weighted by Crippen LogP contribution is -2.45. The maximum atomic E-state index is 12.4. The molecule has 1 aliphatic rings. The Balaban J connectivity index is 1.61. The number of benzene rings is 1. The minimum absolute atomic E-state index is 0.0896. The van der Waals surface area contributed by atoms with Gasteiger partial charge in [0.2, 0.25) is 5.91 Å². The standard InChI is InChI=1S/C22H31N5O2S/c1-14(19(28)24-20(29)23-17-8-6-7-9-17)30-21-26-25-18(27(21)5)15-10-12-16(13-11-15)22(2,3)4/h10-14,17H,6-9H2,1-5H3,(H2,23,24,28,29)/t14-/m0/s1. The molecule has 7 nitrogen and oxygen atoms in total.